The minimum atomic E-state index is -0.0528. The number of hydrogen-bond acceptors (Lipinski definition) is 5. The standard InChI is InChI=1S/C14H19N3O2S/c1-2-19-13(18)11-4-3-5-16(8-11)9-12-10-17-6-7-20-14(17)15-12/h6-7,10-11H,2-5,8-9H2,1H3/t11-/m1/s1. The van der Waals surface area contributed by atoms with E-state index in [2.05, 4.69) is 16.1 Å². The van der Waals surface area contributed by atoms with Gasteiger partial charge in [0.05, 0.1) is 18.2 Å². The van der Waals surface area contributed by atoms with E-state index in [1.807, 2.05) is 22.9 Å². The zero-order valence-electron chi connectivity index (χ0n) is 11.6. The molecular formula is C14H19N3O2S. The van der Waals surface area contributed by atoms with Crippen molar-refractivity contribution in [1.29, 1.82) is 0 Å². The third-order valence-corrected chi connectivity index (χ3v) is 4.42. The summed E-state index contributed by atoms with van der Waals surface area (Å²) in [4.78, 5) is 19.8. The minimum absolute atomic E-state index is 0.0208. The van der Waals surface area contributed by atoms with Crippen LogP contribution in [-0.2, 0) is 16.1 Å². The summed E-state index contributed by atoms with van der Waals surface area (Å²) in [6.07, 6.45) is 6.08. The number of thiazole rings is 1. The molecule has 20 heavy (non-hydrogen) atoms. The molecule has 1 atom stereocenters. The summed E-state index contributed by atoms with van der Waals surface area (Å²) in [5, 5.41) is 2.03. The second-order valence-corrected chi connectivity index (χ2v) is 6.02. The van der Waals surface area contributed by atoms with E-state index in [1.165, 1.54) is 0 Å². The summed E-state index contributed by atoms with van der Waals surface area (Å²) in [5.74, 6) is -0.0320. The van der Waals surface area contributed by atoms with Gasteiger partial charge in [0.15, 0.2) is 4.96 Å². The van der Waals surface area contributed by atoms with Crippen LogP contribution in [0.15, 0.2) is 17.8 Å². The van der Waals surface area contributed by atoms with Crippen LogP contribution in [0.25, 0.3) is 4.96 Å². The monoisotopic (exact) mass is 293 g/mol. The molecule has 3 rings (SSSR count). The van der Waals surface area contributed by atoms with Gasteiger partial charge in [-0.2, -0.15) is 0 Å². The third kappa shape index (κ3) is 2.86. The van der Waals surface area contributed by atoms with Gasteiger partial charge in [-0.05, 0) is 26.3 Å². The highest BCUT2D eigenvalue weighted by Crippen LogP contribution is 2.20. The highest BCUT2D eigenvalue weighted by molar-refractivity contribution is 7.15. The zero-order chi connectivity index (χ0) is 13.9. The van der Waals surface area contributed by atoms with Gasteiger partial charge in [0, 0.05) is 30.9 Å². The number of imidazole rings is 1. The SMILES string of the molecule is CCOC(=O)[C@@H]1CCCN(Cc2cn3ccsc3n2)C1. The third-order valence-electron chi connectivity index (χ3n) is 3.65. The van der Waals surface area contributed by atoms with Gasteiger partial charge in [-0.1, -0.05) is 0 Å². The fraction of sp³-hybridized carbons (Fsp3) is 0.571. The Bertz CT molecular complexity index is 564. The summed E-state index contributed by atoms with van der Waals surface area (Å²) in [6.45, 7) is 4.94. The van der Waals surface area contributed by atoms with Crippen molar-refractivity contribution in [1.82, 2.24) is 14.3 Å². The molecule has 1 fully saturated rings. The molecule has 0 unspecified atom stereocenters. The van der Waals surface area contributed by atoms with Gasteiger partial charge in [0.2, 0.25) is 0 Å². The molecule has 0 aliphatic carbocycles. The topological polar surface area (TPSA) is 46.8 Å². The number of likely N-dealkylation sites (tertiary alicyclic amines) is 1. The average molecular weight is 293 g/mol. The van der Waals surface area contributed by atoms with Crippen molar-refractivity contribution in [2.24, 2.45) is 5.92 Å². The van der Waals surface area contributed by atoms with Crippen LogP contribution in [0.4, 0.5) is 0 Å². The first-order chi connectivity index (χ1) is 9.76. The van der Waals surface area contributed by atoms with Crippen LogP contribution in [0.2, 0.25) is 0 Å². The predicted octanol–water partition coefficient (Wildman–Crippen LogP) is 2.17. The normalized spacial score (nSPS) is 20.4. The van der Waals surface area contributed by atoms with E-state index < -0.39 is 0 Å². The van der Waals surface area contributed by atoms with E-state index in [0.717, 1.165) is 43.1 Å². The summed E-state index contributed by atoms with van der Waals surface area (Å²) < 4.78 is 7.18. The van der Waals surface area contributed by atoms with E-state index in [9.17, 15) is 4.79 Å². The molecule has 0 saturated carbocycles. The highest BCUT2D eigenvalue weighted by Gasteiger charge is 2.27. The van der Waals surface area contributed by atoms with E-state index in [0.29, 0.717) is 6.61 Å². The van der Waals surface area contributed by atoms with Gasteiger partial charge in [-0.3, -0.25) is 14.1 Å². The van der Waals surface area contributed by atoms with Crippen LogP contribution in [-0.4, -0.2) is 40.0 Å². The summed E-state index contributed by atoms with van der Waals surface area (Å²) in [5.41, 5.74) is 1.07. The molecule has 0 amide bonds. The number of rotatable bonds is 4. The smallest absolute Gasteiger partial charge is 0.310 e. The van der Waals surface area contributed by atoms with E-state index in [-0.39, 0.29) is 11.9 Å². The van der Waals surface area contributed by atoms with E-state index in [1.54, 1.807) is 11.3 Å². The Balaban J connectivity index is 1.62. The second kappa shape index (κ2) is 5.93. The molecule has 5 nitrogen and oxygen atoms in total. The lowest BCUT2D eigenvalue weighted by Crippen LogP contribution is -2.39. The maximum atomic E-state index is 11.8. The van der Waals surface area contributed by atoms with Crippen molar-refractivity contribution in [2.45, 2.75) is 26.3 Å². The molecule has 1 aliphatic rings. The molecule has 0 aromatic carbocycles. The van der Waals surface area contributed by atoms with Crippen molar-refractivity contribution in [3.8, 4) is 0 Å². The lowest BCUT2D eigenvalue weighted by molar-refractivity contribution is -0.150. The number of fused-ring (bicyclic) bond motifs is 1. The van der Waals surface area contributed by atoms with Gasteiger partial charge in [0.25, 0.3) is 0 Å². The Morgan fingerprint density at radius 1 is 1.60 bits per heavy atom. The van der Waals surface area contributed by atoms with Crippen LogP contribution in [0.3, 0.4) is 0 Å². The predicted molar refractivity (Wildman–Crippen MR) is 77.7 cm³/mol. The molecule has 2 aromatic heterocycles. The number of ether oxygens (including phenoxy) is 1. The summed E-state index contributed by atoms with van der Waals surface area (Å²) in [6, 6.07) is 0. The first-order valence-corrected chi connectivity index (χ1v) is 7.94. The largest absolute Gasteiger partial charge is 0.466 e. The van der Waals surface area contributed by atoms with Gasteiger partial charge < -0.3 is 4.74 Å². The van der Waals surface area contributed by atoms with Crippen LogP contribution in [0.1, 0.15) is 25.5 Å². The van der Waals surface area contributed by atoms with Crippen molar-refractivity contribution in [2.75, 3.05) is 19.7 Å². The Hall–Kier alpha value is -1.40. The van der Waals surface area contributed by atoms with Crippen molar-refractivity contribution in [3.05, 3.63) is 23.5 Å². The molecule has 0 N–H and O–H groups in total. The fourth-order valence-electron chi connectivity index (χ4n) is 2.73. The first kappa shape index (κ1) is 13.6. The van der Waals surface area contributed by atoms with Crippen molar-refractivity contribution in [3.63, 3.8) is 0 Å². The van der Waals surface area contributed by atoms with Crippen LogP contribution < -0.4 is 0 Å². The number of aromatic nitrogens is 2. The number of hydrogen-bond donors (Lipinski definition) is 0. The number of nitrogens with zero attached hydrogens (tertiary/aromatic N) is 3. The number of esters is 1. The molecule has 108 valence electrons. The zero-order valence-corrected chi connectivity index (χ0v) is 12.4. The van der Waals surface area contributed by atoms with Crippen LogP contribution in [0, 0.1) is 5.92 Å². The molecular weight excluding hydrogens is 274 g/mol. The summed E-state index contributed by atoms with van der Waals surface area (Å²) in [7, 11) is 0. The molecule has 6 heteroatoms. The van der Waals surface area contributed by atoms with Gasteiger partial charge >= 0.3 is 5.97 Å². The Morgan fingerprint density at radius 2 is 2.50 bits per heavy atom. The Labute approximate surface area is 122 Å². The molecule has 3 heterocycles. The maximum absolute atomic E-state index is 11.8. The lowest BCUT2D eigenvalue weighted by Gasteiger charge is -2.30. The maximum Gasteiger partial charge on any atom is 0.310 e. The highest BCUT2D eigenvalue weighted by atomic mass is 32.1. The quantitative estimate of drug-likeness (QED) is 0.811. The van der Waals surface area contributed by atoms with Gasteiger partial charge in [-0.25, -0.2) is 4.98 Å². The molecule has 0 bridgehead atoms. The van der Waals surface area contributed by atoms with E-state index >= 15 is 0 Å². The van der Waals surface area contributed by atoms with Gasteiger partial charge in [0.1, 0.15) is 0 Å². The second-order valence-electron chi connectivity index (χ2n) is 5.15. The fourth-order valence-corrected chi connectivity index (χ4v) is 3.45. The number of piperidine rings is 1. The molecule has 0 spiro atoms. The molecule has 1 aliphatic heterocycles. The average Bonchev–Trinajstić information content (AvgIpc) is 3.00. The van der Waals surface area contributed by atoms with Crippen molar-refractivity contribution < 1.29 is 9.53 Å². The van der Waals surface area contributed by atoms with Crippen LogP contribution >= 0.6 is 11.3 Å². The minimum Gasteiger partial charge on any atom is -0.466 e. The summed E-state index contributed by atoms with van der Waals surface area (Å²) >= 11 is 1.64. The van der Waals surface area contributed by atoms with E-state index in [4.69, 9.17) is 4.74 Å². The molecule has 0 radical (unpaired) electrons. The molecule has 2 aromatic rings. The van der Waals surface area contributed by atoms with Crippen molar-refractivity contribution >= 4 is 22.3 Å². The number of carbonyl (C=O) groups excluding carboxylic acids is 1. The van der Waals surface area contributed by atoms with Crippen LogP contribution in [0.5, 0.6) is 0 Å². The molecule has 1 saturated heterocycles. The van der Waals surface area contributed by atoms with Gasteiger partial charge in [-0.15, -0.1) is 11.3 Å². The first-order valence-electron chi connectivity index (χ1n) is 7.06. The Kier molecular flexibility index (Phi) is 4.03. The Morgan fingerprint density at radius 3 is 3.30 bits per heavy atom. The lowest BCUT2D eigenvalue weighted by atomic mass is 9.98. The number of carbonyl (C=O) groups is 1.